The van der Waals surface area contributed by atoms with Crippen LogP contribution in [-0.2, 0) is 16.6 Å². The molecule has 0 aliphatic rings. The number of aromatic nitrogens is 1. The Labute approximate surface area is 180 Å². The summed E-state index contributed by atoms with van der Waals surface area (Å²) in [6, 6.07) is 14.2. The van der Waals surface area contributed by atoms with Gasteiger partial charge in [0.15, 0.2) is 0 Å². The lowest BCUT2D eigenvalue weighted by Crippen LogP contribution is -2.17. The average molecular weight is 489 g/mol. The molecule has 2 heterocycles. The molecule has 0 unspecified atom stereocenters. The molecule has 0 aliphatic heterocycles. The molecule has 5 nitrogen and oxygen atoms in total. The van der Waals surface area contributed by atoms with Crippen molar-refractivity contribution in [3.8, 4) is 11.3 Å². The summed E-state index contributed by atoms with van der Waals surface area (Å²) in [6.45, 7) is 6.14. The highest BCUT2D eigenvalue weighted by Crippen LogP contribution is 2.34. The lowest BCUT2D eigenvalue weighted by atomic mass is 10.1. The van der Waals surface area contributed by atoms with Crippen molar-refractivity contribution in [1.82, 2.24) is 4.57 Å². The fourth-order valence-electron chi connectivity index (χ4n) is 3.16. The Kier molecular flexibility index (Phi) is 5.33. The van der Waals surface area contributed by atoms with Gasteiger partial charge in [0, 0.05) is 27.3 Å². The maximum atomic E-state index is 12.8. The zero-order valence-electron chi connectivity index (χ0n) is 15.5. The van der Waals surface area contributed by atoms with Crippen LogP contribution < -0.4 is 4.80 Å². The molecule has 2 aromatic heterocycles. The highest BCUT2D eigenvalue weighted by atomic mass is 79.9. The predicted molar refractivity (Wildman–Crippen MR) is 119 cm³/mol. The van der Waals surface area contributed by atoms with Gasteiger partial charge in [0.25, 0.3) is 10.0 Å². The first kappa shape index (κ1) is 19.9. The highest BCUT2D eigenvalue weighted by molar-refractivity contribution is 9.10. The lowest BCUT2D eigenvalue weighted by molar-refractivity contribution is 0.579. The molecule has 2 aromatic carbocycles. The number of halogens is 1. The van der Waals surface area contributed by atoms with Crippen LogP contribution in [0, 0.1) is 6.92 Å². The highest BCUT2D eigenvalue weighted by Gasteiger charge is 2.19. The maximum Gasteiger partial charge on any atom is 0.285 e. The Morgan fingerprint density at radius 3 is 2.66 bits per heavy atom. The van der Waals surface area contributed by atoms with E-state index in [2.05, 4.69) is 26.9 Å². The molecule has 0 aliphatic carbocycles. The van der Waals surface area contributed by atoms with Crippen LogP contribution in [0.5, 0.6) is 0 Å². The molecule has 8 heteroatoms. The molecule has 148 valence electrons. The number of para-hydroxylation sites is 1. The molecule has 0 spiro atoms. The Morgan fingerprint density at radius 1 is 1.21 bits per heavy atom. The standard InChI is InChI=1S/C21H17BrN2O3S2/c1-3-12-24-18(20-14(2)27-19-7-5-4-6-17(19)20)13-28-21(24)23-29(25,26)16-10-8-15(22)9-11-16/h3-11,13H,1,12H2,2H3/b23-21+. The van der Waals surface area contributed by atoms with E-state index in [-0.39, 0.29) is 4.90 Å². The molecule has 0 saturated carbocycles. The van der Waals surface area contributed by atoms with E-state index in [0.29, 0.717) is 11.3 Å². The van der Waals surface area contributed by atoms with Gasteiger partial charge in [0.2, 0.25) is 4.80 Å². The minimum Gasteiger partial charge on any atom is -0.461 e. The fourth-order valence-corrected chi connectivity index (χ4v) is 5.54. The molecule has 0 atom stereocenters. The molecule has 4 aromatic rings. The van der Waals surface area contributed by atoms with Crippen molar-refractivity contribution in [3.05, 3.63) is 81.6 Å². The number of hydrogen-bond acceptors (Lipinski definition) is 4. The van der Waals surface area contributed by atoms with E-state index in [1.165, 1.54) is 23.5 Å². The van der Waals surface area contributed by atoms with Crippen LogP contribution in [0.25, 0.3) is 22.2 Å². The second-order valence-electron chi connectivity index (χ2n) is 6.35. The van der Waals surface area contributed by atoms with Crippen LogP contribution in [0.4, 0.5) is 0 Å². The summed E-state index contributed by atoms with van der Waals surface area (Å²) >= 11 is 4.59. The van der Waals surface area contributed by atoms with Crippen LogP contribution >= 0.6 is 27.3 Å². The molecule has 0 bridgehead atoms. The van der Waals surface area contributed by atoms with Gasteiger partial charge in [0.1, 0.15) is 11.3 Å². The first-order chi connectivity index (χ1) is 13.9. The fraction of sp³-hybridized carbons (Fsp3) is 0.0952. The summed E-state index contributed by atoms with van der Waals surface area (Å²) in [5.41, 5.74) is 2.57. The second-order valence-corrected chi connectivity index (χ2v) is 9.71. The Morgan fingerprint density at radius 2 is 1.93 bits per heavy atom. The third-order valence-electron chi connectivity index (χ3n) is 4.45. The van der Waals surface area contributed by atoms with Gasteiger partial charge < -0.3 is 8.98 Å². The molecule has 29 heavy (non-hydrogen) atoms. The molecule has 0 N–H and O–H groups in total. The number of furan rings is 1. The minimum atomic E-state index is -3.84. The topological polar surface area (TPSA) is 64.6 Å². The Bertz CT molecular complexity index is 1380. The summed E-state index contributed by atoms with van der Waals surface area (Å²) in [4.78, 5) is 0.526. The smallest absolute Gasteiger partial charge is 0.285 e. The van der Waals surface area contributed by atoms with E-state index >= 15 is 0 Å². The maximum absolute atomic E-state index is 12.8. The zero-order chi connectivity index (χ0) is 20.6. The molecule has 0 amide bonds. The monoisotopic (exact) mass is 488 g/mol. The first-order valence-electron chi connectivity index (χ1n) is 8.75. The molecular formula is C21H17BrN2O3S2. The van der Waals surface area contributed by atoms with E-state index in [1.807, 2.05) is 41.1 Å². The van der Waals surface area contributed by atoms with Crippen LogP contribution in [0.3, 0.4) is 0 Å². The van der Waals surface area contributed by atoms with Crippen LogP contribution in [0.1, 0.15) is 5.76 Å². The van der Waals surface area contributed by atoms with Gasteiger partial charge in [-0.2, -0.15) is 8.42 Å². The normalized spacial score (nSPS) is 12.6. The van der Waals surface area contributed by atoms with Crippen molar-refractivity contribution >= 4 is 48.3 Å². The van der Waals surface area contributed by atoms with E-state index in [1.54, 1.807) is 18.2 Å². The van der Waals surface area contributed by atoms with Gasteiger partial charge in [-0.3, -0.25) is 0 Å². The summed E-state index contributed by atoms with van der Waals surface area (Å²) in [6.07, 6.45) is 1.72. The molecule has 0 fully saturated rings. The van der Waals surface area contributed by atoms with Crippen molar-refractivity contribution in [1.29, 1.82) is 0 Å². The lowest BCUT2D eigenvalue weighted by Gasteiger charge is -2.06. The van der Waals surface area contributed by atoms with Crippen molar-refractivity contribution in [2.45, 2.75) is 18.4 Å². The van der Waals surface area contributed by atoms with E-state index in [4.69, 9.17) is 4.42 Å². The summed E-state index contributed by atoms with van der Waals surface area (Å²) in [5.74, 6) is 0.768. The number of thiazole rings is 1. The van der Waals surface area contributed by atoms with Crippen LogP contribution in [0.2, 0.25) is 0 Å². The van der Waals surface area contributed by atoms with Crippen molar-refractivity contribution in [3.63, 3.8) is 0 Å². The number of fused-ring (bicyclic) bond motifs is 1. The molecule has 0 radical (unpaired) electrons. The number of hydrogen-bond donors (Lipinski definition) is 0. The third kappa shape index (κ3) is 3.75. The number of nitrogens with zero attached hydrogens (tertiary/aromatic N) is 2. The van der Waals surface area contributed by atoms with Gasteiger partial charge in [-0.05, 0) is 37.3 Å². The number of aryl methyl sites for hydroxylation is 1. The SMILES string of the molecule is C=CCn1c(-c2c(C)oc3ccccc23)cs/c1=N/S(=O)(=O)c1ccc(Br)cc1. The van der Waals surface area contributed by atoms with Crippen LogP contribution in [0.15, 0.2) is 84.7 Å². The van der Waals surface area contributed by atoms with Gasteiger partial charge >= 0.3 is 0 Å². The van der Waals surface area contributed by atoms with Gasteiger partial charge in [-0.15, -0.1) is 22.3 Å². The summed E-state index contributed by atoms with van der Waals surface area (Å²) < 4.78 is 38.3. The second kappa shape index (κ2) is 7.78. The van der Waals surface area contributed by atoms with Gasteiger partial charge in [0.05, 0.1) is 10.6 Å². The Balaban J connectivity index is 1.92. The van der Waals surface area contributed by atoms with Crippen LogP contribution in [-0.4, -0.2) is 13.0 Å². The van der Waals surface area contributed by atoms with E-state index in [0.717, 1.165) is 32.5 Å². The predicted octanol–water partition coefficient (Wildman–Crippen LogP) is 5.51. The Hall–Kier alpha value is -2.42. The number of rotatable bonds is 5. The molecule has 4 rings (SSSR count). The third-order valence-corrected chi connectivity index (χ3v) is 7.24. The summed E-state index contributed by atoms with van der Waals surface area (Å²) in [5, 5.41) is 2.88. The number of allylic oxidation sites excluding steroid dienone is 1. The van der Waals surface area contributed by atoms with Crippen molar-refractivity contribution < 1.29 is 12.8 Å². The first-order valence-corrected chi connectivity index (χ1v) is 11.9. The largest absolute Gasteiger partial charge is 0.461 e. The number of benzene rings is 2. The van der Waals surface area contributed by atoms with E-state index < -0.39 is 10.0 Å². The summed E-state index contributed by atoms with van der Waals surface area (Å²) in [7, 11) is -3.84. The molecular weight excluding hydrogens is 472 g/mol. The van der Waals surface area contributed by atoms with E-state index in [9.17, 15) is 8.42 Å². The minimum absolute atomic E-state index is 0.144. The average Bonchev–Trinajstić information content (AvgIpc) is 3.21. The molecule has 0 saturated heterocycles. The van der Waals surface area contributed by atoms with Crippen molar-refractivity contribution in [2.75, 3.05) is 0 Å². The zero-order valence-corrected chi connectivity index (χ0v) is 18.7. The van der Waals surface area contributed by atoms with Gasteiger partial charge in [-0.1, -0.05) is 40.2 Å². The van der Waals surface area contributed by atoms with Crippen molar-refractivity contribution in [2.24, 2.45) is 4.40 Å². The quantitative estimate of drug-likeness (QED) is 0.348. The number of sulfonamides is 1. The van der Waals surface area contributed by atoms with Gasteiger partial charge in [-0.25, -0.2) is 0 Å².